The topological polar surface area (TPSA) is 42.7 Å². The van der Waals surface area contributed by atoms with Crippen molar-refractivity contribution in [2.45, 2.75) is 32.2 Å². The van der Waals surface area contributed by atoms with Crippen molar-refractivity contribution in [3.05, 3.63) is 11.9 Å². The number of nitrogens with one attached hydrogen (secondary N) is 1. The fourth-order valence-corrected chi connectivity index (χ4v) is 2.16. The van der Waals surface area contributed by atoms with Crippen LogP contribution in [-0.4, -0.2) is 27.6 Å². The van der Waals surface area contributed by atoms with E-state index in [1.807, 2.05) is 13.2 Å². The lowest BCUT2D eigenvalue weighted by atomic mass is 9.96. The molecule has 0 bridgehead atoms. The van der Waals surface area contributed by atoms with Gasteiger partial charge in [-0.05, 0) is 31.7 Å². The zero-order chi connectivity index (χ0) is 9.97. The number of nitrogens with zero attached hydrogens (tertiary/aromatic N) is 3. The Morgan fingerprint density at radius 2 is 2.57 bits per heavy atom. The van der Waals surface area contributed by atoms with Crippen LogP contribution in [0.15, 0.2) is 6.20 Å². The second-order valence-corrected chi connectivity index (χ2v) is 4.27. The van der Waals surface area contributed by atoms with Crippen LogP contribution in [-0.2, 0) is 13.5 Å². The molecular formula is C10H18N4. The quantitative estimate of drug-likeness (QED) is 0.772. The van der Waals surface area contributed by atoms with Gasteiger partial charge >= 0.3 is 0 Å². The third-order valence-corrected chi connectivity index (χ3v) is 2.97. The van der Waals surface area contributed by atoms with Crippen molar-refractivity contribution in [3.8, 4) is 0 Å². The predicted octanol–water partition coefficient (Wildman–Crippen LogP) is 0.746. The van der Waals surface area contributed by atoms with Gasteiger partial charge < -0.3 is 5.32 Å². The molecule has 1 saturated heterocycles. The zero-order valence-corrected chi connectivity index (χ0v) is 8.90. The first-order valence-corrected chi connectivity index (χ1v) is 5.34. The molecular weight excluding hydrogens is 176 g/mol. The van der Waals surface area contributed by atoms with Crippen molar-refractivity contribution >= 4 is 0 Å². The maximum atomic E-state index is 4.11. The van der Waals surface area contributed by atoms with E-state index in [2.05, 4.69) is 22.6 Å². The van der Waals surface area contributed by atoms with Crippen LogP contribution >= 0.6 is 0 Å². The summed E-state index contributed by atoms with van der Waals surface area (Å²) in [6.07, 6.45) is 5.66. The van der Waals surface area contributed by atoms with E-state index in [1.54, 1.807) is 4.68 Å². The third-order valence-electron chi connectivity index (χ3n) is 2.97. The fraction of sp³-hybridized carbons (Fsp3) is 0.800. The molecule has 2 rings (SSSR count). The molecule has 0 radical (unpaired) electrons. The van der Waals surface area contributed by atoms with Crippen LogP contribution in [0.2, 0.25) is 0 Å². The normalized spacial score (nSPS) is 24.0. The standard InChI is InChI=1S/C10H18N4/c1-8(10-4-3-5-11-10)6-9-7-14(2)13-12-9/h7-8,10-11H,3-6H2,1-2H3. The lowest BCUT2D eigenvalue weighted by Gasteiger charge is -2.17. The van der Waals surface area contributed by atoms with Crippen molar-refractivity contribution < 1.29 is 0 Å². The molecule has 2 atom stereocenters. The Balaban J connectivity index is 1.90. The lowest BCUT2D eigenvalue weighted by molar-refractivity contribution is 0.414. The van der Waals surface area contributed by atoms with Gasteiger partial charge in [0.25, 0.3) is 0 Å². The molecule has 14 heavy (non-hydrogen) atoms. The minimum absolute atomic E-state index is 0.661. The van der Waals surface area contributed by atoms with Gasteiger partial charge in [-0.2, -0.15) is 0 Å². The largest absolute Gasteiger partial charge is 0.314 e. The van der Waals surface area contributed by atoms with Gasteiger partial charge in [0.2, 0.25) is 0 Å². The summed E-state index contributed by atoms with van der Waals surface area (Å²) in [5, 5.41) is 11.6. The molecule has 0 aromatic carbocycles. The summed E-state index contributed by atoms with van der Waals surface area (Å²) in [5.74, 6) is 0.661. The van der Waals surface area contributed by atoms with Gasteiger partial charge in [-0.15, -0.1) is 5.10 Å². The predicted molar refractivity (Wildman–Crippen MR) is 54.9 cm³/mol. The Morgan fingerprint density at radius 1 is 1.71 bits per heavy atom. The van der Waals surface area contributed by atoms with Crippen LogP contribution < -0.4 is 5.32 Å². The Kier molecular flexibility index (Phi) is 2.82. The number of hydrogen-bond acceptors (Lipinski definition) is 3. The smallest absolute Gasteiger partial charge is 0.0830 e. The minimum atomic E-state index is 0.661. The maximum Gasteiger partial charge on any atom is 0.0830 e. The molecule has 0 amide bonds. The van der Waals surface area contributed by atoms with E-state index in [1.165, 1.54) is 19.4 Å². The van der Waals surface area contributed by atoms with Crippen molar-refractivity contribution in [2.24, 2.45) is 13.0 Å². The molecule has 1 aromatic heterocycles. The number of aryl methyl sites for hydroxylation is 1. The van der Waals surface area contributed by atoms with Crippen molar-refractivity contribution in [2.75, 3.05) is 6.54 Å². The van der Waals surface area contributed by atoms with Crippen LogP contribution in [0.4, 0.5) is 0 Å². The molecule has 1 aromatic rings. The monoisotopic (exact) mass is 194 g/mol. The number of hydrogen-bond donors (Lipinski definition) is 1. The van der Waals surface area contributed by atoms with Crippen LogP contribution in [0, 0.1) is 5.92 Å². The average Bonchev–Trinajstić information content (AvgIpc) is 2.75. The lowest BCUT2D eigenvalue weighted by Crippen LogP contribution is -2.29. The molecule has 1 fully saturated rings. The average molecular weight is 194 g/mol. The molecule has 1 aliphatic heterocycles. The summed E-state index contributed by atoms with van der Waals surface area (Å²) in [7, 11) is 1.91. The van der Waals surface area contributed by atoms with Gasteiger partial charge in [-0.3, -0.25) is 4.68 Å². The molecule has 78 valence electrons. The molecule has 2 unspecified atom stereocenters. The first-order valence-electron chi connectivity index (χ1n) is 5.34. The van der Waals surface area contributed by atoms with E-state index < -0.39 is 0 Å². The first-order chi connectivity index (χ1) is 6.75. The Morgan fingerprint density at radius 3 is 3.14 bits per heavy atom. The number of rotatable bonds is 3. The van der Waals surface area contributed by atoms with E-state index in [0.29, 0.717) is 12.0 Å². The van der Waals surface area contributed by atoms with Crippen LogP contribution in [0.3, 0.4) is 0 Å². The summed E-state index contributed by atoms with van der Waals surface area (Å²) in [6, 6.07) is 0.678. The van der Waals surface area contributed by atoms with E-state index in [-0.39, 0.29) is 0 Å². The van der Waals surface area contributed by atoms with Crippen molar-refractivity contribution in [1.29, 1.82) is 0 Å². The van der Waals surface area contributed by atoms with E-state index in [9.17, 15) is 0 Å². The molecule has 4 nitrogen and oxygen atoms in total. The second kappa shape index (κ2) is 4.09. The van der Waals surface area contributed by atoms with Gasteiger partial charge in [0.15, 0.2) is 0 Å². The highest BCUT2D eigenvalue weighted by molar-refractivity contribution is 4.96. The van der Waals surface area contributed by atoms with Gasteiger partial charge in [0.05, 0.1) is 5.69 Å². The third kappa shape index (κ3) is 2.12. The summed E-state index contributed by atoms with van der Waals surface area (Å²) in [5.41, 5.74) is 1.11. The van der Waals surface area contributed by atoms with E-state index in [4.69, 9.17) is 0 Å². The fourth-order valence-electron chi connectivity index (χ4n) is 2.16. The summed E-state index contributed by atoms with van der Waals surface area (Å²) in [6.45, 7) is 3.47. The van der Waals surface area contributed by atoms with Gasteiger partial charge in [-0.1, -0.05) is 12.1 Å². The van der Waals surface area contributed by atoms with Gasteiger partial charge in [0, 0.05) is 19.3 Å². The van der Waals surface area contributed by atoms with Crippen molar-refractivity contribution in [1.82, 2.24) is 20.3 Å². The highest BCUT2D eigenvalue weighted by Crippen LogP contribution is 2.17. The molecule has 2 heterocycles. The molecule has 0 saturated carbocycles. The second-order valence-electron chi connectivity index (χ2n) is 4.27. The number of aromatic nitrogens is 3. The Hall–Kier alpha value is -0.900. The Labute approximate surface area is 84.7 Å². The summed E-state index contributed by atoms with van der Waals surface area (Å²) >= 11 is 0. The van der Waals surface area contributed by atoms with Gasteiger partial charge in [-0.25, -0.2) is 0 Å². The minimum Gasteiger partial charge on any atom is -0.314 e. The Bertz CT molecular complexity index is 288. The van der Waals surface area contributed by atoms with Crippen LogP contribution in [0.25, 0.3) is 0 Å². The molecule has 1 aliphatic rings. The summed E-state index contributed by atoms with van der Waals surface area (Å²) in [4.78, 5) is 0. The molecule has 0 spiro atoms. The highest BCUT2D eigenvalue weighted by Gasteiger charge is 2.21. The van der Waals surface area contributed by atoms with E-state index in [0.717, 1.165) is 12.1 Å². The van der Waals surface area contributed by atoms with Crippen LogP contribution in [0.1, 0.15) is 25.5 Å². The SMILES string of the molecule is CC(Cc1cn(C)nn1)C1CCCN1. The van der Waals surface area contributed by atoms with Gasteiger partial charge in [0.1, 0.15) is 0 Å². The van der Waals surface area contributed by atoms with E-state index >= 15 is 0 Å². The highest BCUT2D eigenvalue weighted by atomic mass is 15.4. The molecule has 4 heteroatoms. The molecule has 0 aliphatic carbocycles. The van der Waals surface area contributed by atoms with Crippen LogP contribution in [0.5, 0.6) is 0 Å². The summed E-state index contributed by atoms with van der Waals surface area (Å²) < 4.78 is 1.77. The maximum absolute atomic E-state index is 4.11. The zero-order valence-electron chi connectivity index (χ0n) is 8.90. The van der Waals surface area contributed by atoms with Crippen molar-refractivity contribution in [3.63, 3.8) is 0 Å². The molecule has 1 N–H and O–H groups in total. The first kappa shape index (κ1) is 9.65.